The number of hydrogen-bond donors (Lipinski definition) is 1. The van der Waals surface area contributed by atoms with Crippen LogP contribution in [0.5, 0.6) is 5.95 Å². The first-order chi connectivity index (χ1) is 7.16. The topological polar surface area (TPSA) is 73.2 Å². The van der Waals surface area contributed by atoms with Gasteiger partial charge in [-0.05, 0) is 29.3 Å². The number of hydrogen-bond acceptors (Lipinski definition) is 4. The number of nitrogens with zero attached hydrogens (tertiary/aromatic N) is 2. The molecule has 1 aromatic carbocycles. The number of aromatic nitrogens is 2. The zero-order valence-electron chi connectivity index (χ0n) is 8.12. The van der Waals surface area contributed by atoms with Crippen molar-refractivity contribution >= 4 is 0 Å². The summed E-state index contributed by atoms with van der Waals surface area (Å²) in [6, 6.07) is 7.05. The average Bonchev–Trinajstić information content (AvgIpc) is 2.65. The first kappa shape index (κ1) is 9.67. The van der Waals surface area contributed by atoms with Gasteiger partial charge in [-0.15, -0.1) is 0 Å². The minimum absolute atomic E-state index is 0.491. The van der Waals surface area contributed by atoms with E-state index >= 15 is 0 Å². The van der Waals surface area contributed by atoms with Gasteiger partial charge in [-0.2, -0.15) is 0 Å². The molecule has 0 fully saturated rings. The lowest BCUT2D eigenvalue weighted by molar-refractivity contribution is -0.670. The molecule has 0 saturated carbocycles. The maximum absolute atomic E-state index is 10.7. The standard InChI is InChI=1S/C10H10N2O3/c1-7(13)8-2-4-9(5-3-8)12-6-10(14)15-11-12/h2-7,13H,1H3/t7-/m0/s1. The first-order valence-corrected chi connectivity index (χ1v) is 4.51. The van der Waals surface area contributed by atoms with E-state index in [1.807, 2.05) is 0 Å². The van der Waals surface area contributed by atoms with Crippen LogP contribution in [0, 0.1) is 0 Å². The number of aliphatic hydroxyl groups is 1. The molecule has 0 amide bonds. The molecule has 0 aliphatic carbocycles. The van der Waals surface area contributed by atoms with E-state index in [0.29, 0.717) is 5.69 Å². The van der Waals surface area contributed by atoms with Crippen LogP contribution in [0.3, 0.4) is 0 Å². The van der Waals surface area contributed by atoms with Crippen molar-refractivity contribution in [1.29, 1.82) is 0 Å². The van der Waals surface area contributed by atoms with E-state index in [1.54, 1.807) is 31.2 Å². The molecule has 0 saturated heterocycles. The van der Waals surface area contributed by atoms with Crippen LogP contribution in [0.1, 0.15) is 18.6 Å². The highest BCUT2D eigenvalue weighted by atomic mass is 16.6. The summed E-state index contributed by atoms with van der Waals surface area (Å²) in [6.07, 6.45) is 0.744. The molecule has 1 heterocycles. The van der Waals surface area contributed by atoms with Crippen molar-refractivity contribution in [1.82, 2.24) is 5.27 Å². The van der Waals surface area contributed by atoms with Crippen molar-refractivity contribution in [2.24, 2.45) is 0 Å². The molecule has 1 N–H and O–H groups in total. The van der Waals surface area contributed by atoms with E-state index in [2.05, 4.69) is 9.79 Å². The molecular formula is C10H10N2O3. The Bertz CT molecular complexity index is 448. The third-order valence-corrected chi connectivity index (χ3v) is 2.09. The Morgan fingerprint density at radius 3 is 2.53 bits per heavy atom. The lowest BCUT2D eigenvalue weighted by atomic mass is 10.1. The Kier molecular flexibility index (Phi) is 2.39. The van der Waals surface area contributed by atoms with Gasteiger partial charge in [0.2, 0.25) is 11.9 Å². The Hall–Kier alpha value is -1.88. The second kappa shape index (κ2) is 3.70. The molecule has 1 atom stereocenters. The van der Waals surface area contributed by atoms with E-state index in [4.69, 9.17) is 0 Å². The first-order valence-electron chi connectivity index (χ1n) is 4.51. The molecule has 5 heteroatoms. The Balaban J connectivity index is 2.31. The van der Waals surface area contributed by atoms with Crippen molar-refractivity contribution in [2.45, 2.75) is 13.0 Å². The molecule has 2 aromatic rings. The van der Waals surface area contributed by atoms with E-state index in [1.165, 1.54) is 10.9 Å². The highest BCUT2D eigenvalue weighted by molar-refractivity contribution is 5.28. The SMILES string of the molecule is C[C@H](O)c1ccc(-[n+]2cc([O-])on2)cc1. The summed E-state index contributed by atoms with van der Waals surface area (Å²) >= 11 is 0. The van der Waals surface area contributed by atoms with Crippen LogP contribution >= 0.6 is 0 Å². The largest absolute Gasteiger partial charge is 0.539 e. The summed E-state index contributed by atoms with van der Waals surface area (Å²) in [7, 11) is 0. The monoisotopic (exact) mass is 206 g/mol. The van der Waals surface area contributed by atoms with Crippen LogP contribution < -0.4 is 9.79 Å². The maximum atomic E-state index is 10.7. The highest BCUT2D eigenvalue weighted by Crippen LogP contribution is 2.12. The molecule has 1 aromatic heterocycles. The zero-order valence-corrected chi connectivity index (χ0v) is 8.12. The molecule has 78 valence electrons. The molecule has 0 bridgehead atoms. The Labute approximate surface area is 86.2 Å². The third kappa shape index (κ3) is 1.97. The van der Waals surface area contributed by atoms with Gasteiger partial charge >= 0.3 is 0 Å². The minimum Gasteiger partial charge on any atom is -0.539 e. The van der Waals surface area contributed by atoms with E-state index in [0.717, 1.165) is 5.56 Å². The predicted octanol–water partition coefficient (Wildman–Crippen LogP) is 0.0782. The molecular weight excluding hydrogens is 196 g/mol. The summed E-state index contributed by atoms with van der Waals surface area (Å²) in [5, 5.41) is 23.6. The predicted molar refractivity (Wildman–Crippen MR) is 48.1 cm³/mol. The lowest BCUT2D eigenvalue weighted by Crippen LogP contribution is -2.31. The van der Waals surface area contributed by atoms with E-state index in [9.17, 15) is 10.2 Å². The van der Waals surface area contributed by atoms with Gasteiger partial charge in [0.25, 0.3) is 0 Å². The van der Waals surface area contributed by atoms with E-state index < -0.39 is 12.1 Å². The fraction of sp³-hybridized carbons (Fsp3) is 0.200. The van der Waals surface area contributed by atoms with Crippen molar-refractivity contribution < 1.29 is 19.4 Å². The maximum Gasteiger partial charge on any atom is 0.239 e. The van der Waals surface area contributed by atoms with Crippen LogP contribution in [0.15, 0.2) is 35.0 Å². The minimum atomic E-state index is -0.503. The van der Waals surface area contributed by atoms with Gasteiger partial charge in [0.05, 0.1) is 11.4 Å². The third-order valence-electron chi connectivity index (χ3n) is 2.09. The van der Waals surface area contributed by atoms with Crippen LogP contribution in [-0.2, 0) is 0 Å². The lowest BCUT2D eigenvalue weighted by Gasteiger charge is -2.02. The van der Waals surface area contributed by atoms with Crippen molar-refractivity contribution in [3.8, 4) is 11.6 Å². The van der Waals surface area contributed by atoms with Crippen LogP contribution in [0.25, 0.3) is 5.69 Å². The van der Waals surface area contributed by atoms with Gasteiger partial charge in [0, 0.05) is 12.1 Å². The second-order valence-electron chi connectivity index (χ2n) is 3.23. The Morgan fingerprint density at radius 2 is 2.07 bits per heavy atom. The molecule has 0 aliphatic rings. The van der Waals surface area contributed by atoms with Gasteiger partial charge in [-0.1, -0.05) is 0 Å². The van der Waals surface area contributed by atoms with Crippen molar-refractivity contribution in [3.63, 3.8) is 0 Å². The number of benzene rings is 1. The average molecular weight is 206 g/mol. The second-order valence-corrected chi connectivity index (χ2v) is 3.23. The number of rotatable bonds is 2. The molecule has 0 aliphatic heterocycles. The van der Waals surface area contributed by atoms with Crippen LogP contribution in [0.4, 0.5) is 0 Å². The summed E-state index contributed by atoms with van der Waals surface area (Å²) in [6.45, 7) is 1.69. The number of aliphatic hydroxyl groups excluding tert-OH is 1. The summed E-state index contributed by atoms with van der Waals surface area (Å²) in [5.41, 5.74) is 1.52. The van der Waals surface area contributed by atoms with Gasteiger partial charge in [-0.3, -0.25) is 0 Å². The quantitative estimate of drug-likeness (QED) is 0.706. The molecule has 0 radical (unpaired) electrons. The fourth-order valence-corrected chi connectivity index (χ4v) is 1.26. The van der Waals surface area contributed by atoms with Gasteiger partial charge < -0.3 is 14.7 Å². The summed E-state index contributed by atoms with van der Waals surface area (Å²) in [4.78, 5) is 0. The molecule has 5 nitrogen and oxygen atoms in total. The molecule has 15 heavy (non-hydrogen) atoms. The molecule has 2 rings (SSSR count). The van der Waals surface area contributed by atoms with Gasteiger partial charge in [-0.25, -0.2) is 0 Å². The summed E-state index contributed by atoms with van der Waals surface area (Å²) in [5.74, 6) is -0.491. The van der Waals surface area contributed by atoms with Gasteiger partial charge in [0.1, 0.15) is 5.95 Å². The zero-order chi connectivity index (χ0) is 10.8. The summed E-state index contributed by atoms with van der Waals surface area (Å²) < 4.78 is 5.75. The molecule has 0 spiro atoms. The van der Waals surface area contributed by atoms with Crippen molar-refractivity contribution in [3.05, 3.63) is 36.0 Å². The fourth-order valence-electron chi connectivity index (χ4n) is 1.26. The smallest absolute Gasteiger partial charge is 0.239 e. The normalized spacial score (nSPS) is 12.7. The Morgan fingerprint density at radius 1 is 1.40 bits per heavy atom. The van der Waals surface area contributed by atoms with Crippen LogP contribution in [-0.4, -0.2) is 10.4 Å². The van der Waals surface area contributed by atoms with Gasteiger partial charge in [0.15, 0.2) is 0 Å². The highest BCUT2D eigenvalue weighted by Gasteiger charge is 2.09. The van der Waals surface area contributed by atoms with Crippen molar-refractivity contribution in [2.75, 3.05) is 0 Å². The molecule has 0 unspecified atom stereocenters. The van der Waals surface area contributed by atoms with Crippen LogP contribution in [0.2, 0.25) is 0 Å². The van der Waals surface area contributed by atoms with E-state index in [-0.39, 0.29) is 0 Å².